The summed E-state index contributed by atoms with van der Waals surface area (Å²) in [7, 11) is 0. The second kappa shape index (κ2) is 8.57. The van der Waals surface area contributed by atoms with E-state index in [4.69, 9.17) is 10.5 Å². The van der Waals surface area contributed by atoms with Crippen molar-refractivity contribution in [3.63, 3.8) is 0 Å². The number of aromatic nitrogens is 3. The molecule has 0 atom stereocenters. The number of fused-ring (bicyclic) bond motifs is 1. The second-order valence-corrected chi connectivity index (χ2v) is 7.60. The molecule has 0 radical (unpaired) electrons. The average Bonchev–Trinajstić information content (AvgIpc) is 2.82. The highest BCUT2D eigenvalue weighted by atomic mass is 16.5. The SMILES string of the molecule is Nc1c(Oc2cccc3cccnc23)ncnc1N1CCN(Cc2ccccc2)CC1. The Balaban J connectivity index is 1.31. The van der Waals surface area contributed by atoms with Crippen LogP contribution >= 0.6 is 0 Å². The monoisotopic (exact) mass is 412 g/mol. The fourth-order valence-electron chi connectivity index (χ4n) is 3.93. The molecule has 0 bridgehead atoms. The largest absolute Gasteiger partial charge is 0.435 e. The van der Waals surface area contributed by atoms with E-state index in [1.54, 1.807) is 6.20 Å². The van der Waals surface area contributed by atoms with Crippen LogP contribution in [0.25, 0.3) is 10.9 Å². The number of para-hydroxylation sites is 1. The zero-order valence-corrected chi connectivity index (χ0v) is 17.2. The van der Waals surface area contributed by atoms with E-state index in [0.29, 0.717) is 17.3 Å². The summed E-state index contributed by atoms with van der Waals surface area (Å²) >= 11 is 0. The van der Waals surface area contributed by atoms with E-state index < -0.39 is 0 Å². The van der Waals surface area contributed by atoms with Crippen molar-refractivity contribution in [2.75, 3.05) is 36.8 Å². The highest BCUT2D eigenvalue weighted by molar-refractivity contribution is 5.84. The van der Waals surface area contributed by atoms with Gasteiger partial charge >= 0.3 is 0 Å². The van der Waals surface area contributed by atoms with Crippen molar-refractivity contribution in [3.8, 4) is 11.6 Å². The highest BCUT2D eigenvalue weighted by Gasteiger charge is 2.22. The maximum absolute atomic E-state index is 6.44. The lowest BCUT2D eigenvalue weighted by molar-refractivity contribution is 0.249. The molecule has 1 aliphatic rings. The fourth-order valence-corrected chi connectivity index (χ4v) is 3.93. The van der Waals surface area contributed by atoms with Crippen molar-refractivity contribution in [1.82, 2.24) is 19.9 Å². The average molecular weight is 412 g/mol. The minimum Gasteiger partial charge on any atom is -0.435 e. The van der Waals surface area contributed by atoms with Crippen LogP contribution in [-0.4, -0.2) is 46.0 Å². The normalized spacial score (nSPS) is 14.6. The molecule has 156 valence electrons. The van der Waals surface area contributed by atoms with E-state index in [-0.39, 0.29) is 0 Å². The van der Waals surface area contributed by atoms with Crippen molar-refractivity contribution < 1.29 is 4.74 Å². The standard InChI is InChI=1S/C24H24N6O/c25-21-23(30-14-12-29(13-15-30)16-18-6-2-1-3-7-18)27-17-28-24(21)31-20-10-4-8-19-9-5-11-26-22(19)20/h1-11,17H,12-16,25H2. The molecule has 7 nitrogen and oxygen atoms in total. The topological polar surface area (TPSA) is 80.4 Å². The van der Waals surface area contributed by atoms with Crippen LogP contribution in [0, 0.1) is 0 Å². The Bertz CT molecular complexity index is 1170. The van der Waals surface area contributed by atoms with Crippen LogP contribution in [0.5, 0.6) is 11.6 Å². The molecule has 0 aliphatic carbocycles. The zero-order chi connectivity index (χ0) is 21.0. The predicted molar refractivity (Wildman–Crippen MR) is 122 cm³/mol. The van der Waals surface area contributed by atoms with Gasteiger partial charge in [0.2, 0.25) is 5.88 Å². The molecule has 3 heterocycles. The van der Waals surface area contributed by atoms with Gasteiger partial charge < -0.3 is 15.4 Å². The molecule has 0 spiro atoms. The van der Waals surface area contributed by atoms with Crippen LogP contribution in [-0.2, 0) is 6.54 Å². The second-order valence-electron chi connectivity index (χ2n) is 7.60. The summed E-state index contributed by atoms with van der Waals surface area (Å²) < 4.78 is 6.08. The lowest BCUT2D eigenvalue weighted by Gasteiger charge is -2.35. The van der Waals surface area contributed by atoms with Gasteiger partial charge in [-0.15, -0.1) is 0 Å². The third-order valence-corrected chi connectivity index (χ3v) is 5.55. The summed E-state index contributed by atoms with van der Waals surface area (Å²) in [6.07, 6.45) is 3.26. The molecule has 1 fully saturated rings. The van der Waals surface area contributed by atoms with Gasteiger partial charge in [0.15, 0.2) is 11.6 Å². The first-order chi connectivity index (χ1) is 15.3. The number of benzene rings is 2. The van der Waals surface area contributed by atoms with Gasteiger partial charge in [0, 0.05) is 44.3 Å². The first-order valence-corrected chi connectivity index (χ1v) is 10.4. The predicted octanol–water partition coefficient (Wildman–Crippen LogP) is 3.72. The van der Waals surface area contributed by atoms with Crippen LogP contribution in [0.4, 0.5) is 11.5 Å². The summed E-state index contributed by atoms with van der Waals surface area (Å²) in [5.41, 5.74) is 9.00. The summed E-state index contributed by atoms with van der Waals surface area (Å²) in [4.78, 5) is 17.8. The van der Waals surface area contributed by atoms with Crippen LogP contribution in [0.3, 0.4) is 0 Å². The zero-order valence-electron chi connectivity index (χ0n) is 17.2. The van der Waals surface area contributed by atoms with Crippen LogP contribution in [0.2, 0.25) is 0 Å². The van der Waals surface area contributed by atoms with Gasteiger partial charge in [0.1, 0.15) is 17.5 Å². The highest BCUT2D eigenvalue weighted by Crippen LogP contribution is 2.34. The van der Waals surface area contributed by atoms with E-state index in [1.807, 2.05) is 36.4 Å². The number of hydrogen-bond acceptors (Lipinski definition) is 7. The summed E-state index contributed by atoms with van der Waals surface area (Å²) in [6.45, 7) is 4.55. The third kappa shape index (κ3) is 4.13. The number of pyridine rings is 1. The fraction of sp³-hybridized carbons (Fsp3) is 0.208. The lowest BCUT2D eigenvalue weighted by Crippen LogP contribution is -2.46. The van der Waals surface area contributed by atoms with Gasteiger partial charge in [-0.3, -0.25) is 9.88 Å². The molecular formula is C24H24N6O. The maximum atomic E-state index is 6.44. The molecule has 5 rings (SSSR count). The van der Waals surface area contributed by atoms with Crippen molar-refractivity contribution in [2.24, 2.45) is 0 Å². The summed E-state index contributed by atoms with van der Waals surface area (Å²) in [5.74, 6) is 1.70. The minimum atomic E-state index is 0.356. The van der Waals surface area contributed by atoms with Gasteiger partial charge in [-0.05, 0) is 17.7 Å². The Labute approximate surface area is 181 Å². The molecule has 1 saturated heterocycles. The number of rotatable bonds is 5. The molecule has 1 aliphatic heterocycles. The molecule has 7 heteroatoms. The van der Waals surface area contributed by atoms with Crippen LogP contribution < -0.4 is 15.4 Å². The van der Waals surface area contributed by atoms with Gasteiger partial charge in [0.05, 0.1) is 0 Å². The third-order valence-electron chi connectivity index (χ3n) is 5.55. The molecule has 31 heavy (non-hydrogen) atoms. The molecule has 4 aromatic rings. The number of anilines is 2. The number of nitrogens with two attached hydrogens (primary N) is 1. The number of hydrogen-bond donors (Lipinski definition) is 1. The Morgan fingerprint density at radius 2 is 1.65 bits per heavy atom. The smallest absolute Gasteiger partial charge is 0.248 e. The van der Waals surface area contributed by atoms with Gasteiger partial charge in [0.25, 0.3) is 0 Å². The van der Waals surface area contributed by atoms with E-state index in [9.17, 15) is 0 Å². The molecule has 2 aromatic carbocycles. The van der Waals surface area contributed by atoms with E-state index in [1.165, 1.54) is 11.9 Å². The summed E-state index contributed by atoms with van der Waals surface area (Å²) in [5, 5.41) is 1.00. The van der Waals surface area contributed by atoms with Gasteiger partial charge in [-0.25, -0.2) is 4.98 Å². The number of nitrogen functional groups attached to an aromatic ring is 1. The minimum absolute atomic E-state index is 0.356. The van der Waals surface area contributed by atoms with Crippen molar-refractivity contribution in [3.05, 3.63) is 78.8 Å². The summed E-state index contributed by atoms with van der Waals surface area (Å²) in [6, 6.07) is 20.3. The molecule has 0 amide bonds. The molecule has 2 aromatic heterocycles. The Kier molecular flexibility index (Phi) is 5.33. The van der Waals surface area contributed by atoms with Crippen molar-refractivity contribution in [2.45, 2.75) is 6.54 Å². The van der Waals surface area contributed by atoms with Crippen LogP contribution in [0.1, 0.15) is 5.56 Å². The van der Waals surface area contributed by atoms with Gasteiger partial charge in [-0.1, -0.05) is 48.5 Å². The Morgan fingerprint density at radius 3 is 2.48 bits per heavy atom. The van der Waals surface area contributed by atoms with E-state index in [2.05, 4.69) is 49.0 Å². The molecule has 2 N–H and O–H groups in total. The van der Waals surface area contributed by atoms with Crippen molar-refractivity contribution >= 4 is 22.4 Å². The number of ether oxygens (including phenoxy) is 1. The molecular weight excluding hydrogens is 388 g/mol. The number of piperazine rings is 1. The lowest BCUT2D eigenvalue weighted by atomic mass is 10.2. The Morgan fingerprint density at radius 1 is 0.839 bits per heavy atom. The van der Waals surface area contributed by atoms with E-state index >= 15 is 0 Å². The molecule has 0 unspecified atom stereocenters. The molecule has 0 saturated carbocycles. The maximum Gasteiger partial charge on any atom is 0.248 e. The first kappa shape index (κ1) is 19.3. The van der Waals surface area contributed by atoms with Gasteiger partial charge in [-0.2, -0.15) is 4.98 Å². The first-order valence-electron chi connectivity index (χ1n) is 10.4. The van der Waals surface area contributed by atoms with Crippen molar-refractivity contribution in [1.29, 1.82) is 0 Å². The quantitative estimate of drug-likeness (QED) is 0.535. The Hall–Kier alpha value is -3.71. The van der Waals surface area contributed by atoms with E-state index in [0.717, 1.165) is 49.4 Å². The number of nitrogens with zero attached hydrogens (tertiary/aromatic N) is 5. The van der Waals surface area contributed by atoms with Crippen LogP contribution in [0.15, 0.2) is 73.2 Å².